The second-order valence-electron chi connectivity index (χ2n) is 5.55. The van der Waals surface area contributed by atoms with Gasteiger partial charge in [0.05, 0.1) is 0 Å². The van der Waals surface area contributed by atoms with Crippen LogP contribution in [0.15, 0.2) is 24.3 Å². The largest absolute Gasteiger partial charge is 0.322 e. The number of urea groups is 1. The van der Waals surface area contributed by atoms with Crippen molar-refractivity contribution in [1.29, 1.82) is 0 Å². The number of nitrogens with one attached hydrogen (secondary N) is 1. The molecule has 1 aromatic carbocycles. The van der Waals surface area contributed by atoms with Crippen LogP contribution in [0.3, 0.4) is 0 Å². The van der Waals surface area contributed by atoms with E-state index in [4.69, 9.17) is 0 Å². The zero-order valence-corrected chi connectivity index (χ0v) is 12.2. The molecule has 1 unspecified atom stereocenters. The summed E-state index contributed by atoms with van der Waals surface area (Å²) in [5.41, 5.74) is 1.96. The molecule has 4 nitrogen and oxygen atoms in total. The van der Waals surface area contributed by atoms with E-state index >= 15 is 0 Å². The van der Waals surface area contributed by atoms with Crippen molar-refractivity contribution in [2.75, 3.05) is 11.9 Å². The normalized spacial score (nSPS) is 18.7. The summed E-state index contributed by atoms with van der Waals surface area (Å²) in [5, 5.41) is 2.92. The van der Waals surface area contributed by atoms with Crippen LogP contribution in [0, 0.1) is 6.92 Å². The molecule has 108 valence electrons. The van der Waals surface area contributed by atoms with E-state index in [0.29, 0.717) is 6.42 Å². The van der Waals surface area contributed by atoms with E-state index in [2.05, 4.69) is 5.32 Å². The predicted octanol–water partition coefficient (Wildman–Crippen LogP) is 3.36. The lowest BCUT2D eigenvalue weighted by molar-refractivity contribution is -0.118. The number of nitrogens with zero attached hydrogens (tertiary/aromatic N) is 1. The van der Waals surface area contributed by atoms with Gasteiger partial charge in [-0.2, -0.15) is 0 Å². The maximum atomic E-state index is 12.3. The summed E-state index contributed by atoms with van der Waals surface area (Å²) in [7, 11) is 0. The van der Waals surface area contributed by atoms with Crippen molar-refractivity contribution in [2.45, 2.75) is 45.6 Å². The van der Waals surface area contributed by atoms with E-state index < -0.39 is 0 Å². The highest BCUT2D eigenvalue weighted by Crippen LogP contribution is 2.21. The van der Waals surface area contributed by atoms with Crippen molar-refractivity contribution < 1.29 is 9.59 Å². The summed E-state index contributed by atoms with van der Waals surface area (Å²) >= 11 is 0. The molecule has 1 heterocycles. The second kappa shape index (κ2) is 6.55. The summed E-state index contributed by atoms with van der Waals surface area (Å²) in [6.45, 7) is 4.33. The molecule has 2 rings (SSSR count). The van der Waals surface area contributed by atoms with Gasteiger partial charge in [0.1, 0.15) is 5.78 Å². The lowest BCUT2D eigenvalue weighted by Gasteiger charge is -2.35. The minimum Gasteiger partial charge on any atom is -0.321 e. The molecule has 0 aromatic heterocycles. The first-order chi connectivity index (χ1) is 9.56. The number of carbonyl (C=O) groups is 2. The lowest BCUT2D eigenvalue weighted by Crippen LogP contribution is -2.46. The van der Waals surface area contributed by atoms with Gasteiger partial charge in [0.2, 0.25) is 0 Å². The highest BCUT2D eigenvalue weighted by atomic mass is 16.2. The Kier molecular flexibility index (Phi) is 4.77. The van der Waals surface area contributed by atoms with E-state index in [1.165, 1.54) is 0 Å². The molecule has 0 aliphatic carbocycles. The number of benzene rings is 1. The van der Waals surface area contributed by atoms with Crippen molar-refractivity contribution in [3.05, 3.63) is 29.8 Å². The van der Waals surface area contributed by atoms with E-state index in [-0.39, 0.29) is 17.9 Å². The van der Waals surface area contributed by atoms with Gasteiger partial charge in [0, 0.05) is 24.7 Å². The number of piperidine rings is 1. The average Bonchev–Trinajstić information content (AvgIpc) is 2.41. The third kappa shape index (κ3) is 3.83. The summed E-state index contributed by atoms with van der Waals surface area (Å²) in [5.74, 6) is 0.144. The van der Waals surface area contributed by atoms with Crippen LogP contribution in [0.25, 0.3) is 0 Å². The summed E-state index contributed by atoms with van der Waals surface area (Å²) in [4.78, 5) is 25.5. The summed E-state index contributed by atoms with van der Waals surface area (Å²) in [6.07, 6.45) is 3.48. The maximum absolute atomic E-state index is 12.3. The van der Waals surface area contributed by atoms with Gasteiger partial charge < -0.3 is 10.2 Å². The van der Waals surface area contributed by atoms with E-state index in [0.717, 1.165) is 37.1 Å². The Balaban J connectivity index is 2.01. The first kappa shape index (κ1) is 14.6. The van der Waals surface area contributed by atoms with Gasteiger partial charge in [-0.05, 0) is 45.2 Å². The molecule has 1 N–H and O–H groups in total. The molecule has 1 fully saturated rings. The van der Waals surface area contributed by atoms with E-state index in [1.807, 2.05) is 36.1 Å². The van der Waals surface area contributed by atoms with Gasteiger partial charge in [-0.3, -0.25) is 4.79 Å². The van der Waals surface area contributed by atoms with Crippen molar-refractivity contribution in [1.82, 2.24) is 4.90 Å². The average molecular weight is 274 g/mol. The van der Waals surface area contributed by atoms with Crippen LogP contribution in [0.2, 0.25) is 0 Å². The minimum absolute atomic E-state index is 0.0479. The lowest BCUT2D eigenvalue weighted by atomic mass is 9.98. The SMILES string of the molecule is CC(=O)CC1CCCCN1C(=O)Nc1ccc(C)cc1. The van der Waals surface area contributed by atoms with Gasteiger partial charge >= 0.3 is 6.03 Å². The number of anilines is 1. The van der Waals surface area contributed by atoms with Crippen LogP contribution >= 0.6 is 0 Å². The Hall–Kier alpha value is -1.84. The highest BCUT2D eigenvalue weighted by Gasteiger charge is 2.27. The third-order valence-corrected chi connectivity index (χ3v) is 3.71. The topological polar surface area (TPSA) is 49.4 Å². The molecule has 0 saturated carbocycles. The fraction of sp³-hybridized carbons (Fsp3) is 0.500. The summed E-state index contributed by atoms with van der Waals surface area (Å²) < 4.78 is 0. The molecule has 1 saturated heterocycles. The van der Waals surface area contributed by atoms with E-state index in [1.54, 1.807) is 6.92 Å². The predicted molar refractivity (Wildman–Crippen MR) is 79.8 cm³/mol. The van der Waals surface area contributed by atoms with Crippen molar-refractivity contribution >= 4 is 17.5 Å². The fourth-order valence-electron chi connectivity index (χ4n) is 2.64. The van der Waals surface area contributed by atoms with Crippen LogP contribution in [0.5, 0.6) is 0 Å². The number of hydrogen-bond donors (Lipinski definition) is 1. The van der Waals surface area contributed by atoms with Gasteiger partial charge in [-0.15, -0.1) is 0 Å². The number of likely N-dealkylation sites (tertiary alicyclic amines) is 1. The number of carbonyl (C=O) groups excluding carboxylic acids is 2. The monoisotopic (exact) mass is 274 g/mol. The number of amides is 2. The molecule has 4 heteroatoms. The van der Waals surface area contributed by atoms with Crippen LogP contribution < -0.4 is 5.32 Å². The van der Waals surface area contributed by atoms with Crippen molar-refractivity contribution in [3.8, 4) is 0 Å². The minimum atomic E-state index is -0.0974. The standard InChI is InChI=1S/C16H22N2O2/c1-12-6-8-14(9-7-12)17-16(20)18-10-4-3-5-15(18)11-13(2)19/h6-9,15H,3-5,10-11H2,1-2H3,(H,17,20). The Morgan fingerprint density at radius 1 is 1.25 bits per heavy atom. The smallest absolute Gasteiger partial charge is 0.321 e. The third-order valence-electron chi connectivity index (χ3n) is 3.71. The molecule has 20 heavy (non-hydrogen) atoms. The van der Waals surface area contributed by atoms with Crippen molar-refractivity contribution in [3.63, 3.8) is 0 Å². The number of ketones is 1. The van der Waals surface area contributed by atoms with Gasteiger partial charge in [0.25, 0.3) is 0 Å². The zero-order valence-electron chi connectivity index (χ0n) is 12.2. The number of rotatable bonds is 3. The Morgan fingerprint density at radius 3 is 2.60 bits per heavy atom. The second-order valence-corrected chi connectivity index (χ2v) is 5.55. The van der Waals surface area contributed by atoms with Crippen LogP contribution in [-0.2, 0) is 4.79 Å². The first-order valence-corrected chi connectivity index (χ1v) is 7.20. The van der Waals surface area contributed by atoms with Gasteiger partial charge in [0.15, 0.2) is 0 Å². The molecule has 0 spiro atoms. The number of Topliss-reactive ketones (excluding diaryl/α,β-unsaturated/α-hetero) is 1. The Labute approximate surface area is 120 Å². The first-order valence-electron chi connectivity index (χ1n) is 7.20. The molecule has 1 aliphatic rings. The van der Waals surface area contributed by atoms with Gasteiger partial charge in [-0.1, -0.05) is 17.7 Å². The van der Waals surface area contributed by atoms with Gasteiger partial charge in [-0.25, -0.2) is 4.79 Å². The van der Waals surface area contributed by atoms with Crippen molar-refractivity contribution in [2.24, 2.45) is 0 Å². The molecule has 2 amide bonds. The van der Waals surface area contributed by atoms with Crippen LogP contribution in [0.4, 0.5) is 10.5 Å². The molecular formula is C16H22N2O2. The summed E-state index contributed by atoms with van der Waals surface area (Å²) in [6, 6.07) is 7.69. The molecular weight excluding hydrogens is 252 g/mol. The van der Waals surface area contributed by atoms with E-state index in [9.17, 15) is 9.59 Å². The van der Waals surface area contributed by atoms with Crippen LogP contribution in [-0.4, -0.2) is 29.3 Å². The quantitative estimate of drug-likeness (QED) is 0.918. The molecule has 1 aliphatic heterocycles. The molecule has 1 aromatic rings. The number of hydrogen-bond acceptors (Lipinski definition) is 2. The van der Waals surface area contributed by atoms with Crippen LogP contribution in [0.1, 0.15) is 38.2 Å². The Morgan fingerprint density at radius 2 is 1.95 bits per heavy atom. The highest BCUT2D eigenvalue weighted by molar-refractivity contribution is 5.90. The number of aryl methyl sites for hydroxylation is 1. The molecule has 1 atom stereocenters. The maximum Gasteiger partial charge on any atom is 0.322 e. The Bertz CT molecular complexity index is 482. The zero-order chi connectivity index (χ0) is 14.5. The molecule has 0 radical (unpaired) electrons. The fourth-order valence-corrected chi connectivity index (χ4v) is 2.64. The molecule has 0 bridgehead atoms.